The average molecular weight is 669 g/mol. The number of benzene rings is 8. The van der Waals surface area contributed by atoms with E-state index in [0.717, 1.165) is 22.7 Å². The minimum Gasteiger partial charge on any atom is -0.310 e. The molecule has 0 spiro atoms. The minimum atomic E-state index is 1.10. The Labute approximate surface area is 300 Å². The summed E-state index contributed by atoms with van der Waals surface area (Å²) in [5, 5.41) is 5.11. The summed E-state index contributed by atoms with van der Waals surface area (Å²) in [4.78, 5) is 2.43. The number of para-hydroxylation sites is 3. The number of hydrogen-bond donors (Lipinski definition) is 0. The molecule has 0 N–H and O–H groups in total. The van der Waals surface area contributed by atoms with Gasteiger partial charge in [0.25, 0.3) is 0 Å². The number of rotatable bonds is 6. The molecule has 0 radical (unpaired) electrons. The average Bonchev–Trinajstić information content (AvgIpc) is 3.75. The SMILES string of the molecule is c1ccc(-c2ccccc2N(c2cccc(-c3cccc4c3sc3ccccc34)c2)c2ccc3c4ccccc4n(-c4ccccc4)c3c2)cc1. The molecule has 51 heavy (non-hydrogen) atoms. The molecule has 2 nitrogen and oxygen atoms in total. The van der Waals surface area contributed by atoms with Gasteiger partial charge in [-0.3, -0.25) is 0 Å². The maximum atomic E-state index is 2.43. The van der Waals surface area contributed by atoms with Crippen molar-refractivity contribution in [1.29, 1.82) is 0 Å². The molecule has 0 unspecified atom stereocenters. The zero-order chi connectivity index (χ0) is 33.7. The first-order chi connectivity index (χ1) is 25.3. The van der Waals surface area contributed by atoms with Crippen molar-refractivity contribution in [1.82, 2.24) is 4.57 Å². The van der Waals surface area contributed by atoms with Crippen molar-refractivity contribution in [3.8, 4) is 27.9 Å². The summed E-state index contributed by atoms with van der Waals surface area (Å²) in [5.41, 5.74) is 11.7. The number of fused-ring (bicyclic) bond motifs is 6. The summed E-state index contributed by atoms with van der Waals surface area (Å²) in [5.74, 6) is 0. The fourth-order valence-electron chi connectivity index (χ4n) is 7.70. The van der Waals surface area contributed by atoms with Crippen molar-refractivity contribution in [2.75, 3.05) is 4.90 Å². The van der Waals surface area contributed by atoms with Crippen LogP contribution in [0.3, 0.4) is 0 Å². The molecule has 0 atom stereocenters. The van der Waals surface area contributed by atoms with Crippen LogP contribution in [0.25, 0.3) is 69.9 Å². The van der Waals surface area contributed by atoms with Gasteiger partial charge in [0.1, 0.15) is 0 Å². The topological polar surface area (TPSA) is 8.17 Å². The molecule has 2 heterocycles. The highest BCUT2D eigenvalue weighted by atomic mass is 32.1. The summed E-state index contributed by atoms with van der Waals surface area (Å²) >= 11 is 1.88. The smallest absolute Gasteiger partial charge is 0.0561 e. The maximum Gasteiger partial charge on any atom is 0.0561 e. The molecule has 240 valence electrons. The maximum absolute atomic E-state index is 2.43. The largest absolute Gasteiger partial charge is 0.310 e. The number of thiophene rings is 1. The van der Waals surface area contributed by atoms with Crippen LogP contribution in [0.5, 0.6) is 0 Å². The second kappa shape index (κ2) is 12.2. The van der Waals surface area contributed by atoms with Crippen LogP contribution < -0.4 is 4.90 Å². The number of anilines is 3. The zero-order valence-electron chi connectivity index (χ0n) is 27.8. The van der Waals surface area contributed by atoms with Crippen LogP contribution in [0.4, 0.5) is 17.1 Å². The fourth-order valence-corrected chi connectivity index (χ4v) is 8.94. The summed E-state index contributed by atoms with van der Waals surface area (Å²) < 4.78 is 5.03. The molecular weight excluding hydrogens is 637 g/mol. The lowest BCUT2D eigenvalue weighted by Gasteiger charge is -2.28. The van der Waals surface area contributed by atoms with Gasteiger partial charge in [-0.25, -0.2) is 0 Å². The molecule has 0 bridgehead atoms. The zero-order valence-corrected chi connectivity index (χ0v) is 28.6. The first-order valence-electron chi connectivity index (χ1n) is 17.4. The number of hydrogen-bond acceptors (Lipinski definition) is 2. The van der Waals surface area contributed by atoms with Crippen molar-refractivity contribution >= 4 is 70.4 Å². The third kappa shape index (κ3) is 4.93. The van der Waals surface area contributed by atoms with Gasteiger partial charge < -0.3 is 9.47 Å². The predicted molar refractivity (Wildman–Crippen MR) is 219 cm³/mol. The Hall–Kier alpha value is -6.42. The standard InChI is InChI=1S/C48H32N2S/c1-3-15-33(16-4-1)38-21-7-10-26-44(38)49(36-20-13-17-34(31-36)39-24-14-25-43-42-23-9-12-28-47(42)51-48(39)43)37-29-30-41-40-22-8-11-27-45(40)50(46(41)32-37)35-18-5-2-6-19-35/h1-32H. The van der Waals surface area contributed by atoms with Crippen molar-refractivity contribution in [3.05, 3.63) is 194 Å². The van der Waals surface area contributed by atoms with Gasteiger partial charge in [0, 0.05) is 53.6 Å². The van der Waals surface area contributed by atoms with E-state index in [2.05, 4.69) is 204 Å². The van der Waals surface area contributed by atoms with Gasteiger partial charge in [-0.15, -0.1) is 11.3 Å². The van der Waals surface area contributed by atoms with Crippen LogP contribution in [-0.4, -0.2) is 4.57 Å². The quantitative estimate of drug-likeness (QED) is 0.171. The molecular formula is C48H32N2S. The Balaban J connectivity index is 1.23. The third-order valence-corrected chi connectivity index (χ3v) is 11.2. The van der Waals surface area contributed by atoms with E-state index < -0.39 is 0 Å². The second-order valence-electron chi connectivity index (χ2n) is 12.9. The van der Waals surface area contributed by atoms with Gasteiger partial charge in [0.05, 0.1) is 16.7 Å². The van der Waals surface area contributed by atoms with E-state index >= 15 is 0 Å². The summed E-state index contributed by atoms with van der Waals surface area (Å²) in [7, 11) is 0. The molecule has 0 amide bonds. The Morgan fingerprint density at radius 3 is 1.90 bits per heavy atom. The van der Waals surface area contributed by atoms with Gasteiger partial charge >= 0.3 is 0 Å². The third-order valence-electron chi connectivity index (χ3n) is 9.98. The lowest BCUT2D eigenvalue weighted by atomic mass is 9.99. The molecule has 3 heteroatoms. The van der Waals surface area contributed by atoms with Crippen molar-refractivity contribution in [2.45, 2.75) is 0 Å². The normalized spacial score (nSPS) is 11.5. The van der Waals surface area contributed by atoms with Crippen LogP contribution >= 0.6 is 11.3 Å². The molecule has 0 fully saturated rings. The highest BCUT2D eigenvalue weighted by Gasteiger charge is 2.21. The van der Waals surface area contributed by atoms with E-state index in [4.69, 9.17) is 0 Å². The van der Waals surface area contributed by atoms with E-state index in [0.29, 0.717) is 0 Å². The van der Waals surface area contributed by atoms with E-state index in [1.54, 1.807) is 0 Å². The summed E-state index contributed by atoms with van der Waals surface area (Å²) in [6.07, 6.45) is 0. The van der Waals surface area contributed by atoms with Crippen LogP contribution in [0.15, 0.2) is 194 Å². The van der Waals surface area contributed by atoms with Crippen LogP contribution in [-0.2, 0) is 0 Å². The fraction of sp³-hybridized carbons (Fsp3) is 0. The molecule has 0 saturated carbocycles. The van der Waals surface area contributed by atoms with E-state index in [1.807, 2.05) is 11.3 Å². The Morgan fingerprint density at radius 1 is 0.392 bits per heavy atom. The minimum absolute atomic E-state index is 1.10. The van der Waals surface area contributed by atoms with Gasteiger partial charge in [-0.05, 0) is 71.3 Å². The van der Waals surface area contributed by atoms with E-state index in [1.165, 1.54) is 64.2 Å². The van der Waals surface area contributed by atoms with Crippen LogP contribution in [0.2, 0.25) is 0 Å². The summed E-state index contributed by atoms with van der Waals surface area (Å²) in [6.45, 7) is 0. The molecule has 10 rings (SSSR count). The van der Waals surface area contributed by atoms with Gasteiger partial charge in [0.15, 0.2) is 0 Å². The van der Waals surface area contributed by atoms with Crippen LogP contribution in [0.1, 0.15) is 0 Å². The lowest BCUT2D eigenvalue weighted by Crippen LogP contribution is -2.11. The first kappa shape index (κ1) is 29.5. The highest BCUT2D eigenvalue weighted by molar-refractivity contribution is 7.26. The Kier molecular flexibility index (Phi) is 7.04. The lowest BCUT2D eigenvalue weighted by molar-refractivity contribution is 1.18. The molecule has 0 aliphatic heterocycles. The van der Waals surface area contributed by atoms with Gasteiger partial charge in [-0.2, -0.15) is 0 Å². The summed E-state index contributed by atoms with van der Waals surface area (Å²) in [6, 6.07) is 70.4. The predicted octanol–water partition coefficient (Wildman–Crippen LogP) is 14.0. The highest BCUT2D eigenvalue weighted by Crippen LogP contribution is 2.45. The van der Waals surface area contributed by atoms with E-state index in [-0.39, 0.29) is 0 Å². The first-order valence-corrected chi connectivity index (χ1v) is 18.2. The molecule has 0 saturated heterocycles. The molecule has 2 aromatic heterocycles. The number of nitrogens with zero attached hydrogens (tertiary/aromatic N) is 2. The Morgan fingerprint density at radius 2 is 1.02 bits per heavy atom. The van der Waals surface area contributed by atoms with Crippen LogP contribution in [0, 0.1) is 0 Å². The number of aromatic nitrogens is 1. The molecule has 0 aliphatic carbocycles. The van der Waals surface area contributed by atoms with Crippen molar-refractivity contribution in [3.63, 3.8) is 0 Å². The van der Waals surface area contributed by atoms with Crippen molar-refractivity contribution in [2.24, 2.45) is 0 Å². The van der Waals surface area contributed by atoms with Gasteiger partial charge in [0.2, 0.25) is 0 Å². The van der Waals surface area contributed by atoms with Crippen molar-refractivity contribution < 1.29 is 0 Å². The Bertz CT molecular complexity index is 2860. The second-order valence-corrected chi connectivity index (χ2v) is 14.0. The monoisotopic (exact) mass is 668 g/mol. The molecule has 10 aromatic rings. The van der Waals surface area contributed by atoms with Gasteiger partial charge in [-0.1, -0.05) is 140 Å². The van der Waals surface area contributed by atoms with E-state index in [9.17, 15) is 0 Å². The molecule has 0 aliphatic rings. The molecule has 8 aromatic carbocycles.